The smallest absolute Gasteiger partial charge is 0.410 e. The summed E-state index contributed by atoms with van der Waals surface area (Å²) in [6, 6.07) is 14.0. The lowest BCUT2D eigenvalue weighted by atomic mass is 9.95. The number of hydrogen-bond acceptors (Lipinski definition) is 5. The van der Waals surface area contributed by atoms with Crippen LogP contribution in [-0.4, -0.2) is 50.5 Å². The van der Waals surface area contributed by atoms with Crippen molar-refractivity contribution >= 4 is 22.9 Å². The summed E-state index contributed by atoms with van der Waals surface area (Å²) in [5.74, 6) is 0.753. The molecule has 0 saturated carbocycles. The highest BCUT2D eigenvalue weighted by molar-refractivity contribution is 5.96. The van der Waals surface area contributed by atoms with Crippen LogP contribution >= 0.6 is 0 Å². The van der Waals surface area contributed by atoms with Crippen molar-refractivity contribution in [1.82, 2.24) is 19.2 Å². The topological polar surface area (TPSA) is 78.6 Å². The predicted molar refractivity (Wildman–Crippen MR) is 156 cm³/mol. The van der Waals surface area contributed by atoms with Crippen LogP contribution < -0.4 is 4.74 Å². The zero-order chi connectivity index (χ0) is 29.0. The Hall–Kier alpha value is -4.07. The van der Waals surface area contributed by atoms with Crippen molar-refractivity contribution in [1.29, 1.82) is 0 Å². The molecule has 2 aromatic carbocycles. The highest BCUT2D eigenvalue weighted by Crippen LogP contribution is 2.38. The van der Waals surface area contributed by atoms with Crippen molar-refractivity contribution in [2.45, 2.75) is 67.0 Å². The van der Waals surface area contributed by atoms with E-state index in [0.717, 1.165) is 44.7 Å². The van der Waals surface area contributed by atoms with Crippen LogP contribution in [0.3, 0.4) is 0 Å². The molecule has 0 bridgehead atoms. The third kappa shape index (κ3) is 4.98. The van der Waals surface area contributed by atoms with Gasteiger partial charge >= 0.3 is 6.09 Å². The first-order valence-electron chi connectivity index (χ1n) is 13.7. The number of hydrogen-bond donors (Lipinski definition) is 0. The number of fused-ring (bicyclic) bond motifs is 2. The van der Waals surface area contributed by atoms with Gasteiger partial charge in [-0.2, -0.15) is 5.10 Å². The lowest BCUT2D eigenvalue weighted by Crippen LogP contribution is -2.39. The van der Waals surface area contributed by atoms with Gasteiger partial charge < -0.3 is 14.4 Å². The van der Waals surface area contributed by atoms with Crippen LogP contribution in [0.1, 0.15) is 63.2 Å². The van der Waals surface area contributed by atoms with E-state index in [2.05, 4.69) is 6.07 Å². The van der Waals surface area contributed by atoms with Gasteiger partial charge in [0.25, 0.3) is 0 Å². The van der Waals surface area contributed by atoms with Crippen LogP contribution in [0.25, 0.3) is 27.8 Å². The van der Waals surface area contributed by atoms with Crippen LogP contribution in [0.4, 0.5) is 4.79 Å². The number of ether oxygens (including phenoxy) is 2. The number of carbonyl (C=O) groups is 2. The molecule has 0 fully saturated rings. The van der Waals surface area contributed by atoms with E-state index in [1.165, 1.54) is 0 Å². The van der Waals surface area contributed by atoms with Gasteiger partial charge in [-0.25, -0.2) is 9.48 Å². The number of nitrogens with zero attached hydrogens (tertiary/aromatic N) is 4. The maximum Gasteiger partial charge on any atom is 0.410 e. The van der Waals surface area contributed by atoms with Gasteiger partial charge in [0.15, 0.2) is 0 Å². The summed E-state index contributed by atoms with van der Waals surface area (Å²) in [7, 11) is 1.66. The molecule has 0 unspecified atom stereocenters. The summed E-state index contributed by atoms with van der Waals surface area (Å²) in [6.07, 6.45) is 2.11. The van der Waals surface area contributed by atoms with Crippen LogP contribution in [0, 0.1) is 12.3 Å². The Morgan fingerprint density at radius 2 is 1.75 bits per heavy atom. The van der Waals surface area contributed by atoms with Crippen LogP contribution in [0.5, 0.6) is 5.75 Å². The second-order valence-electron chi connectivity index (χ2n) is 12.5. The molecule has 8 nitrogen and oxygen atoms in total. The maximum absolute atomic E-state index is 13.1. The molecule has 1 amide bonds. The highest BCUT2D eigenvalue weighted by Gasteiger charge is 2.32. The minimum atomic E-state index is -0.582. The molecule has 1 aliphatic rings. The molecule has 210 valence electrons. The third-order valence-corrected chi connectivity index (χ3v) is 7.14. The molecular weight excluding hydrogens is 504 g/mol. The fraction of sp³-hybridized carbons (Fsp3) is 0.406. The molecule has 0 N–H and O–H groups in total. The molecule has 3 heterocycles. The van der Waals surface area contributed by atoms with Gasteiger partial charge in [-0.3, -0.25) is 9.36 Å². The fourth-order valence-corrected chi connectivity index (χ4v) is 5.21. The molecule has 0 atom stereocenters. The Morgan fingerprint density at radius 3 is 2.42 bits per heavy atom. The zero-order valence-electron chi connectivity index (χ0n) is 24.7. The third-order valence-electron chi connectivity index (χ3n) is 7.14. The molecule has 8 heteroatoms. The van der Waals surface area contributed by atoms with Gasteiger partial charge in [0, 0.05) is 41.1 Å². The van der Waals surface area contributed by atoms with Crippen LogP contribution in [0.15, 0.2) is 48.7 Å². The number of benzene rings is 2. The molecular formula is C32H38N4O4. The molecule has 2 aromatic heterocycles. The Bertz CT molecular complexity index is 1610. The van der Waals surface area contributed by atoms with E-state index in [-0.39, 0.29) is 12.0 Å². The van der Waals surface area contributed by atoms with Gasteiger partial charge in [0.1, 0.15) is 17.0 Å². The largest absolute Gasteiger partial charge is 0.494 e. The molecule has 0 saturated heterocycles. The minimum Gasteiger partial charge on any atom is -0.494 e. The van der Waals surface area contributed by atoms with Gasteiger partial charge in [0.05, 0.1) is 30.6 Å². The molecule has 4 aromatic rings. The molecule has 5 rings (SSSR count). The molecule has 40 heavy (non-hydrogen) atoms. The second-order valence-corrected chi connectivity index (χ2v) is 12.5. The number of aryl methyl sites for hydroxylation is 1. The van der Waals surface area contributed by atoms with Crippen molar-refractivity contribution in [2.24, 2.45) is 5.41 Å². The average Bonchev–Trinajstić information content (AvgIpc) is 3.46. The van der Waals surface area contributed by atoms with E-state index in [1.807, 2.05) is 95.7 Å². The van der Waals surface area contributed by atoms with Crippen molar-refractivity contribution in [2.75, 3.05) is 13.7 Å². The fourth-order valence-electron chi connectivity index (χ4n) is 5.21. The predicted octanol–water partition coefficient (Wildman–Crippen LogP) is 6.79. The van der Waals surface area contributed by atoms with Gasteiger partial charge in [-0.1, -0.05) is 39.0 Å². The van der Waals surface area contributed by atoms with Crippen molar-refractivity contribution in [3.8, 4) is 22.7 Å². The molecule has 0 spiro atoms. The molecule has 0 aliphatic carbocycles. The first-order valence-corrected chi connectivity index (χ1v) is 13.7. The first kappa shape index (κ1) is 27.5. The van der Waals surface area contributed by atoms with Gasteiger partial charge in [0.2, 0.25) is 5.91 Å². The van der Waals surface area contributed by atoms with Crippen LogP contribution in [0.2, 0.25) is 0 Å². The number of carbonyl (C=O) groups excluding carboxylic acids is 2. The SMILES string of the molecule is COc1cccc(C)c1-n1nc2c(c1-c1ccc3c(ccn3C(=O)C(C)(C)C)c1)CN(C(=O)OC(C)(C)C)CC2. The van der Waals surface area contributed by atoms with E-state index in [9.17, 15) is 9.59 Å². The number of methoxy groups -OCH3 is 1. The van der Waals surface area contributed by atoms with E-state index in [4.69, 9.17) is 14.6 Å². The maximum atomic E-state index is 13.1. The normalized spacial score (nSPS) is 13.8. The molecule has 1 aliphatic heterocycles. The minimum absolute atomic E-state index is 0.0373. The molecule has 0 radical (unpaired) electrons. The van der Waals surface area contributed by atoms with Gasteiger partial charge in [-0.15, -0.1) is 0 Å². The average molecular weight is 543 g/mol. The van der Waals surface area contributed by atoms with E-state index in [0.29, 0.717) is 25.3 Å². The van der Waals surface area contributed by atoms with Crippen molar-refractivity contribution in [3.63, 3.8) is 0 Å². The van der Waals surface area contributed by atoms with E-state index >= 15 is 0 Å². The number of para-hydroxylation sites is 1. The summed E-state index contributed by atoms with van der Waals surface area (Å²) < 4.78 is 15.1. The highest BCUT2D eigenvalue weighted by atomic mass is 16.6. The summed E-state index contributed by atoms with van der Waals surface area (Å²) in [5, 5.41) is 6.03. The van der Waals surface area contributed by atoms with Gasteiger partial charge in [-0.05, 0) is 57.5 Å². The summed E-state index contributed by atoms with van der Waals surface area (Å²) in [5.41, 5.74) is 5.41. The summed E-state index contributed by atoms with van der Waals surface area (Å²) in [6.45, 7) is 14.3. The zero-order valence-corrected chi connectivity index (χ0v) is 24.7. The quantitative estimate of drug-likeness (QED) is 0.285. The Morgan fingerprint density at radius 1 is 1.00 bits per heavy atom. The van der Waals surface area contributed by atoms with Crippen LogP contribution in [-0.2, 0) is 17.7 Å². The lowest BCUT2D eigenvalue weighted by Gasteiger charge is -2.30. The second kappa shape index (κ2) is 9.84. The standard InChI is InChI=1S/C32H38N4O4/c1-20-10-9-11-26(39-8)27(20)36-28(23-19-34(16-15-24(23)33-36)30(38)40-32(5,6)7)22-12-13-25-21(18-22)14-17-35(25)29(37)31(2,3)4/h9-14,17-18H,15-16,19H2,1-8H3. The Labute approximate surface area is 235 Å². The number of amides is 1. The van der Waals surface area contributed by atoms with Crippen molar-refractivity contribution in [3.05, 3.63) is 65.5 Å². The summed E-state index contributed by atoms with van der Waals surface area (Å²) in [4.78, 5) is 27.9. The van der Waals surface area contributed by atoms with E-state index < -0.39 is 11.0 Å². The summed E-state index contributed by atoms with van der Waals surface area (Å²) >= 11 is 0. The number of rotatable bonds is 3. The Kier molecular flexibility index (Phi) is 6.76. The van der Waals surface area contributed by atoms with E-state index in [1.54, 1.807) is 16.6 Å². The van der Waals surface area contributed by atoms with Crippen molar-refractivity contribution < 1.29 is 19.1 Å². The lowest BCUT2D eigenvalue weighted by molar-refractivity contribution is 0.0224. The first-order chi connectivity index (χ1) is 18.8. The number of aromatic nitrogens is 3. The monoisotopic (exact) mass is 542 g/mol. The Balaban J connectivity index is 1.68.